The summed E-state index contributed by atoms with van der Waals surface area (Å²) in [5.74, 6) is 2.61. The predicted octanol–water partition coefficient (Wildman–Crippen LogP) is 3.83. The Bertz CT molecular complexity index is 416. The van der Waals surface area contributed by atoms with Crippen LogP contribution < -0.4 is 10.1 Å². The smallest absolute Gasteiger partial charge is 0.122 e. The van der Waals surface area contributed by atoms with Gasteiger partial charge in [-0.05, 0) is 61.4 Å². The Labute approximate surface area is 123 Å². The Balaban J connectivity index is 1.76. The van der Waals surface area contributed by atoms with Crippen LogP contribution in [0.15, 0.2) is 18.2 Å². The van der Waals surface area contributed by atoms with Gasteiger partial charge in [0, 0.05) is 6.42 Å². The second-order valence-corrected chi connectivity index (χ2v) is 6.24. The molecule has 0 radical (unpaired) electrons. The third-order valence-electron chi connectivity index (χ3n) is 4.51. The van der Waals surface area contributed by atoms with Crippen LogP contribution in [0.4, 0.5) is 0 Å². The van der Waals surface area contributed by atoms with E-state index >= 15 is 0 Å². The van der Waals surface area contributed by atoms with Crippen LogP contribution in [-0.4, -0.2) is 19.7 Å². The van der Waals surface area contributed by atoms with Crippen LogP contribution in [0, 0.1) is 11.8 Å². The molecule has 20 heavy (non-hydrogen) atoms. The maximum absolute atomic E-state index is 5.56. The third kappa shape index (κ3) is 4.24. The van der Waals surface area contributed by atoms with Crippen molar-refractivity contribution in [3.05, 3.63) is 29.3 Å². The Morgan fingerprint density at radius 3 is 2.90 bits per heavy atom. The molecule has 1 heterocycles. The lowest BCUT2D eigenvalue weighted by molar-refractivity contribution is 0.348. The van der Waals surface area contributed by atoms with E-state index in [0.717, 1.165) is 43.7 Å². The van der Waals surface area contributed by atoms with Gasteiger partial charge in [0.15, 0.2) is 0 Å². The van der Waals surface area contributed by atoms with Crippen LogP contribution >= 0.6 is 0 Å². The Morgan fingerprint density at radius 2 is 2.10 bits per heavy atom. The number of hydrogen-bond acceptors (Lipinski definition) is 2. The van der Waals surface area contributed by atoms with Crippen LogP contribution in [0.1, 0.15) is 44.7 Å². The van der Waals surface area contributed by atoms with Gasteiger partial charge in [0.1, 0.15) is 5.75 Å². The second kappa shape index (κ2) is 7.68. The zero-order chi connectivity index (χ0) is 14.4. The molecule has 1 N–H and O–H groups in total. The molecule has 0 bridgehead atoms. The summed E-state index contributed by atoms with van der Waals surface area (Å²) in [5, 5.41) is 3.53. The fourth-order valence-corrected chi connectivity index (χ4v) is 2.78. The Hall–Kier alpha value is -1.02. The molecule has 112 valence electrons. The van der Waals surface area contributed by atoms with Crippen molar-refractivity contribution in [3.63, 3.8) is 0 Å². The van der Waals surface area contributed by atoms with E-state index in [1.807, 2.05) is 0 Å². The van der Waals surface area contributed by atoms with Crippen LogP contribution in [0.3, 0.4) is 0 Å². The van der Waals surface area contributed by atoms with Gasteiger partial charge in [-0.15, -0.1) is 0 Å². The zero-order valence-electron chi connectivity index (χ0n) is 13.2. The molecule has 1 aromatic rings. The van der Waals surface area contributed by atoms with E-state index in [0.29, 0.717) is 0 Å². The molecule has 0 fully saturated rings. The fourth-order valence-electron chi connectivity index (χ4n) is 2.78. The van der Waals surface area contributed by atoms with Crippen molar-refractivity contribution >= 4 is 0 Å². The van der Waals surface area contributed by atoms with Gasteiger partial charge in [-0.1, -0.05) is 32.9 Å². The summed E-state index contributed by atoms with van der Waals surface area (Å²) in [6.07, 6.45) is 4.76. The molecule has 1 aromatic carbocycles. The number of benzene rings is 1. The van der Waals surface area contributed by atoms with Gasteiger partial charge in [0.25, 0.3) is 0 Å². The van der Waals surface area contributed by atoms with E-state index in [1.165, 1.54) is 30.4 Å². The Morgan fingerprint density at radius 1 is 1.25 bits per heavy atom. The van der Waals surface area contributed by atoms with Crippen molar-refractivity contribution in [2.75, 3.05) is 19.7 Å². The molecule has 2 atom stereocenters. The maximum Gasteiger partial charge on any atom is 0.122 e. The summed E-state index contributed by atoms with van der Waals surface area (Å²) < 4.78 is 5.56. The van der Waals surface area contributed by atoms with Gasteiger partial charge in [-0.3, -0.25) is 0 Å². The van der Waals surface area contributed by atoms with Crippen molar-refractivity contribution in [1.82, 2.24) is 5.32 Å². The molecular weight excluding hydrogens is 246 g/mol. The highest BCUT2D eigenvalue weighted by Crippen LogP contribution is 2.27. The van der Waals surface area contributed by atoms with Crippen molar-refractivity contribution in [1.29, 1.82) is 0 Å². The summed E-state index contributed by atoms with van der Waals surface area (Å²) >= 11 is 0. The molecule has 0 saturated carbocycles. The van der Waals surface area contributed by atoms with E-state index in [9.17, 15) is 0 Å². The topological polar surface area (TPSA) is 21.3 Å². The summed E-state index contributed by atoms with van der Waals surface area (Å²) in [5.41, 5.74) is 2.86. The third-order valence-corrected chi connectivity index (χ3v) is 4.51. The summed E-state index contributed by atoms with van der Waals surface area (Å²) in [6, 6.07) is 6.72. The van der Waals surface area contributed by atoms with E-state index < -0.39 is 0 Å². The standard InChI is InChI=1S/C18H29NO/c1-4-10-19-13-15(3)14(2)5-6-16-7-8-18-17(12-16)9-11-20-18/h7-8,12,14-15,19H,4-6,9-11,13H2,1-3H3. The van der Waals surface area contributed by atoms with E-state index in [-0.39, 0.29) is 0 Å². The number of ether oxygens (including phenoxy) is 1. The van der Waals surface area contributed by atoms with Gasteiger partial charge in [-0.25, -0.2) is 0 Å². The molecule has 2 rings (SSSR count). The molecule has 0 spiro atoms. The first kappa shape index (κ1) is 15.4. The van der Waals surface area contributed by atoms with Gasteiger partial charge < -0.3 is 10.1 Å². The number of rotatable bonds is 8. The molecule has 0 amide bonds. The highest BCUT2D eigenvalue weighted by molar-refractivity contribution is 5.39. The molecule has 2 nitrogen and oxygen atoms in total. The quantitative estimate of drug-likeness (QED) is 0.728. The lowest BCUT2D eigenvalue weighted by Crippen LogP contribution is -2.26. The summed E-state index contributed by atoms with van der Waals surface area (Å²) in [7, 11) is 0. The first-order valence-corrected chi connectivity index (χ1v) is 8.16. The maximum atomic E-state index is 5.56. The Kier molecular flexibility index (Phi) is 5.90. The van der Waals surface area contributed by atoms with Gasteiger partial charge in [0.2, 0.25) is 0 Å². The molecular formula is C18H29NO. The van der Waals surface area contributed by atoms with Crippen LogP contribution in [0.5, 0.6) is 5.75 Å². The number of aryl methyl sites for hydroxylation is 1. The molecule has 2 heteroatoms. The first-order valence-electron chi connectivity index (χ1n) is 8.16. The highest BCUT2D eigenvalue weighted by atomic mass is 16.5. The van der Waals surface area contributed by atoms with Crippen molar-refractivity contribution < 1.29 is 4.74 Å². The van der Waals surface area contributed by atoms with E-state index in [4.69, 9.17) is 4.74 Å². The zero-order valence-corrected chi connectivity index (χ0v) is 13.2. The fraction of sp³-hybridized carbons (Fsp3) is 0.667. The molecule has 0 aromatic heterocycles. The van der Waals surface area contributed by atoms with Crippen molar-refractivity contribution in [2.24, 2.45) is 11.8 Å². The first-order chi connectivity index (χ1) is 9.70. The molecule has 2 unspecified atom stereocenters. The number of fused-ring (bicyclic) bond motifs is 1. The van der Waals surface area contributed by atoms with Crippen molar-refractivity contribution in [3.8, 4) is 5.75 Å². The molecule has 0 aliphatic carbocycles. The van der Waals surface area contributed by atoms with Crippen LogP contribution in [-0.2, 0) is 12.8 Å². The normalized spacial score (nSPS) is 16.6. The lowest BCUT2D eigenvalue weighted by atomic mass is 9.89. The van der Waals surface area contributed by atoms with Crippen LogP contribution in [0.25, 0.3) is 0 Å². The van der Waals surface area contributed by atoms with Gasteiger partial charge in [0.05, 0.1) is 6.61 Å². The van der Waals surface area contributed by atoms with Crippen LogP contribution in [0.2, 0.25) is 0 Å². The van der Waals surface area contributed by atoms with E-state index in [1.54, 1.807) is 0 Å². The predicted molar refractivity (Wildman–Crippen MR) is 85.5 cm³/mol. The van der Waals surface area contributed by atoms with E-state index in [2.05, 4.69) is 44.3 Å². The highest BCUT2D eigenvalue weighted by Gasteiger charge is 2.14. The average Bonchev–Trinajstić information content (AvgIpc) is 2.92. The largest absolute Gasteiger partial charge is 0.493 e. The number of nitrogens with one attached hydrogen (secondary N) is 1. The minimum Gasteiger partial charge on any atom is -0.493 e. The second-order valence-electron chi connectivity index (χ2n) is 6.24. The van der Waals surface area contributed by atoms with Gasteiger partial charge in [-0.2, -0.15) is 0 Å². The minimum atomic E-state index is 0.749. The SMILES string of the molecule is CCCNCC(C)C(C)CCc1ccc2c(c1)CCO2. The molecule has 1 aliphatic rings. The summed E-state index contributed by atoms with van der Waals surface area (Å²) in [6.45, 7) is 10.1. The molecule has 0 saturated heterocycles. The average molecular weight is 275 g/mol. The lowest BCUT2D eigenvalue weighted by Gasteiger charge is -2.20. The number of hydrogen-bond donors (Lipinski definition) is 1. The summed E-state index contributed by atoms with van der Waals surface area (Å²) in [4.78, 5) is 0. The van der Waals surface area contributed by atoms with Crippen molar-refractivity contribution in [2.45, 2.75) is 46.5 Å². The van der Waals surface area contributed by atoms with Gasteiger partial charge >= 0.3 is 0 Å². The minimum absolute atomic E-state index is 0.749. The molecule has 1 aliphatic heterocycles. The monoisotopic (exact) mass is 275 g/mol.